The van der Waals surface area contributed by atoms with Crippen LogP contribution in [0.25, 0.3) is 0 Å². The third kappa shape index (κ3) is 7.02. The molecule has 0 spiro atoms. The zero-order valence-corrected chi connectivity index (χ0v) is 11.0. The van der Waals surface area contributed by atoms with Gasteiger partial charge >= 0.3 is 8.56 Å². The summed E-state index contributed by atoms with van der Waals surface area (Å²) in [6, 6.07) is 0. The summed E-state index contributed by atoms with van der Waals surface area (Å²) in [5.41, 5.74) is 0. The normalized spacial score (nSPS) is 20.6. The van der Waals surface area contributed by atoms with Crippen LogP contribution in [0.1, 0.15) is 12.8 Å². The van der Waals surface area contributed by atoms with Crippen LogP contribution in [-0.2, 0) is 18.3 Å². The summed E-state index contributed by atoms with van der Waals surface area (Å²) in [6.07, 6.45) is 2.45. The van der Waals surface area contributed by atoms with Gasteiger partial charge in [0, 0.05) is 20.3 Å². The topological polar surface area (TPSA) is 40.2 Å². The summed E-state index contributed by atoms with van der Waals surface area (Å²) < 4.78 is 21.4. The van der Waals surface area contributed by atoms with Crippen molar-refractivity contribution in [3.05, 3.63) is 0 Å². The molecule has 1 aliphatic heterocycles. The molecule has 1 rings (SSSR count). The Bertz CT molecular complexity index is 171. The average molecular weight is 234 g/mol. The highest BCUT2D eigenvalue weighted by Gasteiger charge is 2.22. The van der Waals surface area contributed by atoms with Crippen LogP contribution in [-0.4, -0.2) is 48.2 Å². The molecule has 1 saturated heterocycles. The number of hydrogen-bond donors (Lipinski definition) is 0. The molecule has 0 aromatic rings. The van der Waals surface area contributed by atoms with Gasteiger partial charge in [0.05, 0.1) is 13.2 Å². The van der Waals surface area contributed by atoms with E-state index < -0.39 is 8.56 Å². The summed E-state index contributed by atoms with van der Waals surface area (Å²) in [5.74, 6) is 0. The highest BCUT2D eigenvalue weighted by Crippen LogP contribution is 2.09. The van der Waals surface area contributed by atoms with Gasteiger partial charge in [-0.05, 0) is 25.9 Å². The molecule has 4 nitrogen and oxygen atoms in total. The van der Waals surface area contributed by atoms with Crippen molar-refractivity contribution in [3.63, 3.8) is 0 Å². The molecule has 90 valence electrons. The quantitative estimate of drug-likeness (QED) is 0.345. The number of hydrogen-bond acceptors (Lipinski definition) is 4. The second kappa shape index (κ2) is 6.60. The second-order valence-electron chi connectivity index (χ2n) is 4.19. The van der Waals surface area contributed by atoms with E-state index in [9.17, 15) is 0 Å². The Morgan fingerprint density at radius 2 is 1.93 bits per heavy atom. The standard InChI is InChI=1S/C10H22O4Si/c1-11-15(2,3)14-7-5-4-6-12-8-10-9-13-10/h10H,4-9H2,1-3H3. The largest absolute Gasteiger partial charge is 0.398 e. The fourth-order valence-corrected chi connectivity index (χ4v) is 1.82. The van der Waals surface area contributed by atoms with Crippen LogP contribution in [0.15, 0.2) is 0 Å². The lowest BCUT2D eigenvalue weighted by molar-refractivity contribution is 0.108. The van der Waals surface area contributed by atoms with Crippen molar-refractivity contribution in [2.75, 3.05) is 33.5 Å². The molecule has 0 radical (unpaired) electrons. The Kier molecular flexibility index (Phi) is 5.77. The van der Waals surface area contributed by atoms with E-state index in [-0.39, 0.29) is 0 Å². The minimum absolute atomic E-state index is 0.376. The van der Waals surface area contributed by atoms with Gasteiger partial charge in [-0.3, -0.25) is 0 Å². The average Bonchev–Trinajstić information content (AvgIpc) is 3.00. The first-order chi connectivity index (χ1) is 7.14. The fraction of sp³-hybridized carbons (Fsp3) is 1.00. The van der Waals surface area contributed by atoms with E-state index in [1.807, 2.05) is 13.1 Å². The molecule has 5 heteroatoms. The summed E-state index contributed by atoms with van der Waals surface area (Å²) in [5, 5.41) is 0. The lowest BCUT2D eigenvalue weighted by atomic mass is 10.3. The molecule has 0 aromatic heterocycles. The minimum Gasteiger partial charge on any atom is -0.398 e. The third-order valence-corrected chi connectivity index (χ3v) is 4.21. The van der Waals surface area contributed by atoms with E-state index in [0.717, 1.165) is 39.3 Å². The summed E-state index contributed by atoms with van der Waals surface area (Å²) >= 11 is 0. The smallest absolute Gasteiger partial charge is 0.331 e. The van der Waals surface area contributed by atoms with Crippen molar-refractivity contribution in [1.82, 2.24) is 0 Å². The Morgan fingerprint density at radius 1 is 1.27 bits per heavy atom. The van der Waals surface area contributed by atoms with Crippen molar-refractivity contribution >= 4 is 8.56 Å². The molecule has 0 bridgehead atoms. The van der Waals surface area contributed by atoms with Crippen LogP contribution >= 0.6 is 0 Å². The molecule has 15 heavy (non-hydrogen) atoms. The van der Waals surface area contributed by atoms with Crippen LogP contribution < -0.4 is 0 Å². The number of ether oxygens (including phenoxy) is 2. The van der Waals surface area contributed by atoms with Crippen LogP contribution in [0.2, 0.25) is 13.1 Å². The monoisotopic (exact) mass is 234 g/mol. The number of rotatable bonds is 9. The number of epoxide rings is 1. The van der Waals surface area contributed by atoms with Crippen molar-refractivity contribution in [2.24, 2.45) is 0 Å². The van der Waals surface area contributed by atoms with Crippen LogP contribution in [0.3, 0.4) is 0 Å². The highest BCUT2D eigenvalue weighted by atomic mass is 28.4. The molecule has 0 aromatic carbocycles. The van der Waals surface area contributed by atoms with E-state index >= 15 is 0 Å². The van der Waals surface area contributed by atoms with Crippen LogP contribution in [0, 0.1) is 0 Å². The molecule has 1 heterocycles. The Balaban J connectivity index is 1.79. The molecule has 1 unspecified atom stereocenters. The lowest BCUT2D eigenvalue weighted by Gasteiger charge is -2.19. The predicted molar refractivity (Wildman–Crippen MR) is 60.2 cm³/mol. The minimum atomic E-state index is -1.81. The second-order valence-corrected chi connectivity index (χ2v) is 7.69. The van der Waals surface area contributed by atoms with Gasteiger partial charge in [-0.15, -0.1) is 0 Å². The van der Waals surface area contributed by atoms with E-state index in [2.05, 4.69) is 0 Å². The van der Waals surface area contributed by atoms with Gasteiger partial charge < -0.3 is 18.3 Å². The molecule has 1 fully saturated rings. The van der Waals surface area contributed by atoms with E-state index in [4.69, 9.17) is 18.3 Å². The zero-order valence-electron chi connectivity index (χ0n) is 9.95. The first-order valence-corrected chi connectivity index (χ1v) is 8.34. The SMILES string of the molecule is CO[Si](C)(C)OCCCCOCC1CO1. The summed E-state index contributed by atoms with van der Waals surface area (Å²) in [6.45, 7) is 7.30. The van der Waals surface area contributed by atoms with Gasteiger partial charge in [0.2, 0.25) is 0 Å². The van der Waals surface area contributed by atoms with E-state index in [1.54, 1.807) is 7.11 Å². The maximum Gasteiger partial charge on any atom is 0.331 e. The molecular formula is C10H22O4Si. The zero-order chi connectivity index (χ0) is 11.1. The first kappa shape index (κ1) is 13.1. The predicted octanol–water partition coefficient (Wildman–Crippen LogP) is 1.55. The van der Waals surface area contributed by atoms with Crippen LogP contribution in [0.4, 0.5) is 0 Å². The van der Waals surface area contributed by atoms with E-state index in [1.165, 1.54) is 0 Å². The van der Waals surface area contributed by atoms with Gasteiger partial charge in [0.1, 0.15) is 6.10 Å². The van der Waals surface area contributed by atoms with Gasteiger partial charge in [-0.25, -0.2) is 0 Å². The molecule has 1 aliphatic rings. The van der Waals surface area contributed by atoms with Crippen LogP contribution in [0.5, 0.6) is 0 Å². The molecule has 1 atom stereocenters. The number of unbranched alkanes of at least 4 members (excludes halogenated alkanes) is 1. The third-order valence-electron chi connectivity index (χ3n) is 2.33. The van der Waals surface area contributed by atoms with Crippen molar-refractivity contribution in [3.8, 4) is 0 Å². The molecule has 0 N–H and O–H groups in total. The lowest BCUT2D eigenvalue weighted by Crippen LogP contribution is -2.33. The van der Waals surface area contributed by atoms with Gasteiger partial charge in [-0.2, -0.15) is 0 Å². The Morgan fingerprint density at radius 3 is 2.53 bits per heavy atom. The summed E-state index contributed by atoms with van der Waals surface area (Å²) in [4.78, 5) is 0. The van der Waals surface area contributed by atoms with Crippen molar-refractivity contribution < 1.29 is 18.3 Å². The molecule has 0 aliphatic carbocycles. The fourth-order valence-electron chi connectivity index (χ4n) is 1.06. The Labute approximate surface area is 93.1 Å². The van der Waals surface area contributed by atoms with Crippen molar-refractivity contribution in [1.29, 1.82) is 0 Å². The molecule has 0 saturated carbocycles. The molecule has 0 amide bonds. The van der Waals surface area contributed by atoms with Gasteiger partial charge in [0.15, 0.2) is 0 Å². The molecular weight excluding hydrogens is 212 g/mol. The maximum absolute atomic E-state index is 5.66. The maximum atomic E-state index is 5.66. The summed E-state index contributed by atoms with van der Waals surface area (Å²) in [7, 11) is -0.101. The van der Waals surface area contributed by atoms with Gasteiger partial charge in [0.25, 0.3) is 0 Å². The highest BCUT2D eigenvalue weighted by molar-refractivity contribution is 6.64. The van der Waals surface area contributed by atoms with E-state index in [0.29, 0.717) is 6.10 Å². The Hall–Kier alpha value is 0.0569. The van der Waals surface area contributed by atoms with Crippen molar-refractivity contribution in [2.45, 2.75) is 32.0 Å². The first-order valence-electron chi connectivity index (χ1n) is 5.52. The van der Waals surface area contributed by atoms with Gasteiger partial charge in [-0.1, -0.05) is 0 Å².